The summed E-state index contributed by atoms with van der Waals surface area (Å²) in [5.74, 6) is 0. The first-order valence-electron chi connectivity index (χ1n) is 6.08. The first-order chi connectivity index (χ1) is 7.81. The molecule has 0 saturated carbocycles. The Labute approximate surface area is 97.9 Å². The van der Waals surface area contributed by atoms with Gasteiger partial charge >= 0.3 is 0 Å². The molecule has 0 aromatic carbocycles. The molecule has 0 radical (unpaired) electrons. The van der Waals surface area contributed by atoms with Crippen molar-refractivity contribution < 1.29 is 5.11 Å². The molecular weight excluding hydrogens is 200 g/mol. The largest absolute Gasteiger partial charge is 0.395 e. The molecule has 0 aliphatic heterocycles. The normalized spacial score (nSPS) is 14.7. The van der Waals surface area contributed by atoms with Gasteiger partial charge in [-0.3, -0.25) is 4.98 Å². The van der Waals surface area contributed by atoms with Gasteiger partial charge in [-0.05, 0) is 24.5 Å². The molecule has 1 heterocycles. The predicted octanol–water partition coefficient (Wildman–Crippen LogP) is 2.28. The summed E-state index contributed by atoms with van der Waals surface area (Å²) in [4.78, 5) is 4.14. The minimum atomic E-state index is 0.178. The second-order valence-corrected chi connectivity index (χ2v) is 4.08. The number of hydrogen-bond acceptors (Lipinski definition) is 3. The van der Waals surface area contributed by atoms with Crippen molar-refractivity contribution in [2.75, 3.05) is 6.61 Å². The number of aliphatic hydroxyl groups excluding tert-OH is 1. The van der Waals surface area contributed by atoms with E-state index in [0.717, 1.165) is 19.3 Å². The molecule has 90 valence electrons. The second-order valence-electron chi connectivity index (χ2n) is 4.08. The quantitative estimate of drug-likeness (QED) is 0.744. The first kappa shape index (κ1) is 13.1. The fourth-order valence-corrected chi connectivity index (χ4v) is 1.80. The van der Waals surface area contributed by atoms with Gasteiger partial charge in [-0.2, -0.15) is 0 Å². The summed E-state index contributed by atoms with van der Waals surface area (Å²) in [5.41, 5.74) is 1.20. The maximum atomic E-state index is 9.21. The van der Waals surface area contributed by atoms with Crippen LogP contribution in [0.4, 0.5) is 0 Å². The van der Waals surface area contributed by atoms with E-state index in [4.69, 9.17) is 0 Å². The Morgan fingerprint density at radius 1 is 1.44 bits per heavy atom. The summed E-state index contributed by atoms with van der Waals surface area (Å²) in [6.07, 6.45) is 6.82. The molecule has 0 aliphatic rings. The van der Waals surface area contributed by atoms with Gasteiger partial charge in [0.15, 0.2) is 0 Å². The van der Waals surface area contributed by atoms with Crippen LogP contribution in [-0.2, 0) is 0 Å². The van der Waals surface area contributed by atoms with Crippen molar-refractivity contribution in [3.63, 3.8) is 0 Å². The van der Waals surface area contributed by atoms with E-state index in [2.05, 4.69) is 30.2 Å². The standard InChI is InChI=1S/C13H22N2O/c1-3-6-13(15-12(4-2)10-16)11-7-5-8-14-9-11/h5,7-9,12-13,15-16H,3-4,6,10H2,1-2H3/t12-,13?/m1/s1. The van der Waals surface area contributed by atoms with Crippen LogP contribution in [0.25, 0.3) is 0 Å². The predicted molar refractivity (Wildman–Crippen MR) is 66.2 cm³/mol. The number of hydrogen-bond donors (Lipinski definition) is 2. The van der Waals surface area contributed by atoms with Gasteiger partial charge in [-0.15, -0.1) is 0 Å². The number of nitrogens with one attached hydrogen (secondary N) is 1. The average molecular weight is 222 g/mol. The van der Waals surface area contributed by atoms with Gasteiger partial charge in [0.25, 0.3) is 0 Å². The van der Waals surface area contributed by atoms with Gasteiger partial charge in [0, 0.05) is 24.5 Å². The van der Waals surface area contributed by atoms with E-state index >= 15 is 0 Å². The number of rotatable bonds is 7. The molecule has 0 spiro atoms. The van der Waals surface area contributed by atoms with Crippen molar-refractivity contribution in [2.24, 2.45) is 0 Å². The maximum Gasteiger partial charge on any atom is 0.0584 e. The van der Waals surface area contributed by atoms with Crippen LogP contribution in [0.2, 0.25) is 0 Å². The molecule has 0 fully saturated rings. The van der Waals surface area contributed by atoms with E-state index in [9.17, 15) is 5.11 Å². The van der Waals surface area contributed by atoms with Crippen LogP contribution in [0.5, 0.6) is 0 Å². The highest BCUT2D eigenvalue weighted by atomic mass is 16.3. The van der Waals surface area contributed by atoms with Crippen molar-refractivity contribution in [3.8, 4) is 0 Å². The summed E-state index contributed by atoms with van der Waals surface area (Å²) in [6.45, 7) is 4.45. The lowest BCUT2D eigenvalue weighted by atomic mass is 10.0. The van der Waals surface area contributed by atoms with Crippen LogP contribution in [-0.4, -0.2) is 22.7 Å². The minimum Gasteiger partial charge on any atom is -0.395 e. The van der Waals surface area contributed by atoms with E-state index in [1.54, 1.807) is 6.20 Å². The van der Waals surface area contributed by atoms with E-state index in [0.29, 0.717) is 6.04 Å². The molecule has 0 saturated heterocycles. The lowest BCUT2D eigenvalue weighted by Crippen LogP contribution is -2.35. The van der Waals surface area contributed by atoms with Gasteiger partial charge in [0.05, 0.1) is 6.61 Å². The molecule has 2 N–H and O–H groups in total. The summed E-state index contributed by atoms with van der Waals surface area (Å²) in [6, 6.07) is 4.52. The third-order valence-corrected chi connectivity index (χ3v) is 2.81. The van der Waals surface area contributed by atoms with Gasteiger partial charge < -0.3 is 10.4 Å². The van der Waals surface area contributed by atoms with E-state index < -0.39 is 0 Å². The van der Waals surface area contributed by atoms with Crippen LogP contribution in [0, 0.1) is 0 Å². The fourth-order valence-electron chi connectivity index (χ4n) is 1.80. The Bertz CT molecular complexity index is 273. The van der Waals surface area contributed by atoms with Gasteiger partial charge in [0.1, 0.15) is 0 Å². The Balaban J connectivity index is 2.67. The Hall–Kier alpha value is -0.930. The summed E-state index contributed by atoms with van der Waals surface area (Å²) >= 11 is 0. The number of aromatic nitrogens is 1. The van der Waals surface area contributed by atoms with E-state index in [1.807, 2.05) is 12.3 Å². The van der Waals surface area contributed by atoms with Gasteiger partial charge in [-0.25, -0.2) is 0 Å². The van der Waals surface area contributed by atoms with Crippen molar-refractivity contribution in [2.45, 2.75) is 45.2 Å². The molecule has 1 aromatic rings. The number of aliphatic hydroxyl groups is 1. The zero-order chi connectivity index (χ0) is 11.8. The summed E-state index contributed by atoms with van der Waals surface area (Å²) < 4.78 is 0. The Morgan fingerprint density at radius 2 is 2.25 bits per heavy atom. The third-order valence-electron chi connectivity index (χ3n) is 2.81. The van der Waals surface area contributed by atoms with E-state index in [1.165, 1.54) is 5.56 Å². The summed E-state index contributed by atoms with van der Waals surface area (Å²) in [7, 11) is 0. The van der Waals surface area contributed by atoms with E-state index in [-0.39, 0.29) is 12.6 Å². The van der Waals surface area contributed by atoms with Crippen LogP contribution >= 0.6 is 0 Å². The van der Waals surface area contributed by atoms with Gasteiger partial charge in [-0.1, -0.05) is 26.3 Å². The second kappa shape index (κ2) is 7.36. The average Bonchev–Trinajstić information content (AvgIpc) is 2.35. The molecule has 1 rings (SSSR count). The highest BCUT2D eigenvalue weighted by Crippen LogP contribution is 2.18. The third kappa shape index (κ3) is 3.91. The molecule has 2 atom stereocenters. The minimum absolute atomic E-state index is 0.178. The highest BCUT2D eigenvalue weighted by Gasteiger charge is 2.14. The van der Waals surface area contributed by atoms with Crippen LogP contribution in [0.1, 0.15) is 44.7 Å². The summed E-state index contributed by atoms with van der Waals surface area (Å²) in [5, 5.41) is 12.7. The lowest BCUT2D eigenvalue weighted by molar-refractivity contribution is 0.225. The fraction of sp³-hybridized carbons (Fsp3) is 0.615. The van der Waals surface area contributed by atoms with Crippen molar-refractivity contribution in [3.05, 3.63) is 30.1 Å². The van der Waals surface area contributed by atoms with Crippen molar-refractivity contribution >= 4 is 0 Å². The number of nitrogens with zero attached hydrogens (tertiary/aromatic N) is 1. The smallest absolute Gasteiger partial charge is 0.0584 e. The Kier molecular flexibility index (Phi) is 6.04. The molecule has 0 bridgehead atoms. The molecule has 1 unspecified atom stereocenters. The van der Waals surface area contributed by atoms with Crippen molar-refractivity contribution in [1.82, 2.24) is 10.3 Å². The molecule has 0 aliphatic carbocycles. The molecule has 16 heavy (non-hydrogen) atoms. The maximum absolute atomic E-state index is 9.21. The van der Waals surface area contributed by atoms with Crippen LogP contribution in [0.3, 0.4) is 0 Å². The van der Waals surface area contributed by atoms with Crippen LogP contribution < -0.4 is 5.32 Å². The molecule has 3 nitrogen and oxygen atoms in total. The zero-order valence-electron chi connectivity index (χ0n) is 10.2. The lowest BCUT2D eigenvalue weighted by Gasteiger charge is -2.23. The first-order valence-corrected chi connectivity index (χ1v) is 6.08. The molecular formula is C13H22N2O. The molecule has 1 aromatic heterocycles. The monoisotopic (exact) mass is 222 g/mol. The molecule has 0 amide bonds. The topological polar surface area (TPSA) is 45.1 Å². The zero-order valence-corrected chi connectivity index (χ0v) is 10.2. The number of pyridine rings is 1. The molecule has 3 heteroatoms. The highest BCUT2D eigenvalue weighted by molar-refractivity contribution is 5.13. The SMILES string of the molecule is CCCC(N[C@H](CC)CO)c1cccnc1. The van der Waals surface area contributed by atoms with Crippen molar-refractivity contribution in [1.29, 1.82) is 0 Å². The van der Waals surface area contributed by atoms with Gasteiger partial charge in [0.2, 0.25) is 0 Å². The Morgan fingerprint density at radius 3 is 2.75 bits per heavy atom. The van der Waals surface area contributed by atoms with Crippen LogP contribution in [0.15, 0.2) is 24.5 Å².